The quantitative estimate of drug-likeness (QED) is 0.841. The summed E-state index contributed by atoms with van der Waals surface area (Å²) in [6.45, 7) is 2.45. The first-order valence-electron chi connectivity index (χ1n) is 6.66. The average Bonchev–Trinajstić information content (AvgIpc) is 2.46. The number of carbonyl (C=O) groups is 1. The van der Waals surface area contributed by atoms with Crippen LogP contribution in [0.25, 0.3) is 0 Å². The predicted molar refractivity (Wildman–Crippen MR) is 73.5 cm³/mol. The van der Waals surface area contributed by atoms with Gasteiger partial charge in [0.25, 0.3) is 0 Å². The molecule has 0 bridgehead atoms. The van der Waals surface area contributed by atoms with E-state index in [4.69, 9.17) is 9.47 Å². The van der Waals surface area contributed by atoms with E-state index in [-0.39, 0.29) is 11.9 Å². The molecule has 1 aliphatic heterocycles. The summed E-state index contributed by atoms with van der Waals surface area (Å²) in [4.78, 5) is 13.7. The fourth-order valence-corrected chi connectivity index (χ4v) is 2.73. The van der Waals surface area contributed by atoms with Gasteiger partial charge >= 0.3 is 0 Å². The molecular formula is C15H21NO3. The van der Waals surface area contributed by atoms with Crippen LogP contribution in [-0.2, 0) is 4.79 Å². The molecule has 4 nitrogen and oxygen atoms in total. The average molecular weight is 263 g/mol. The monoisotopic (exact) mass is 263 g/mol. The molecule has 1 aliphatic rings. The van der Waals surface area contributed by atoms with Crippen molar-refractivity contribution in [1.82, 2.24) is 4.90 Å². The third-order valence-electron chi connectivity index (χ3n) is 3.70. The zero-order chi connectivity index (χ0) is 13.8. The minimum absolute atomic E-state index is 0.0938. The summed E-state index contributed by atoms with van der Waals surface area (Å²) in [6.07, 6.45) is 3.18. The molecule has 0 spiro atoms. The Balaban J connectivity index is 2.39. The number of amides is 1. The van der Waals surface area contributed by atoms with Crippen molar-refractivity contribution in [2.24, 2.45) is 0 Å². The number of hydrogen-bond acceptors (Lipinski definition) is 3. The second kappa shape index (κ2) is 5.95. The van der Waals surface area contributed by atoms with Crippen molar-refractivity contribution in [3.05, 3.63) is 23.8 Å². The Morgan fingerprint density at radius 2 is 2.05 bits per heavy atom. The van der Waals surface area contributed by atoms with E-state index in [0.29, 0.717) is 0 Å². The molecule has 0 N–H and O–H groups in total. The molecule has 0 unspecified atom stereocenters. The van der Waals surface area contributed by atoms with Gasteiger partial charge in [-0.15, -0.1) is 0 Å². The van der Waals surface area contributed by atoms with Crippen LogP contribution in [0.2, 0.25) is 0 Å². The molecule has 19 heavy (non-hydrogen) atoms. The molecule has 4 heteroatoms. The number of hydrogen-bond donors (Lipinski definition) is 0. The molecule has 1 amide bonds. The first kappa shape index (κ1) is 13.7. The molecule has 0 radical (unpaired) electrons. The topological polar surface area (TPSA) is 38.8 Å². The van der Waals surface area contributed by atoms with Crippen LogP contribution in [0.4, 0.5) is 0 Å². The van der Waals surface area contributed by atoms with E-state index < -0.39 is 0 Å². The van der Waals surface area contributed by atoms with Crippen LogP contribution in [0.1, 0.15) is 37.8 Å². The molecule has 0 saturated carbocycles. The molecule has 1 aromatic carbocycles. The number of piperidine rings is 1. The third-order valence-corrected chi connectivity index (χ3v) is 3.70. The van der Waals surface area contributed by atoms with E-state index in [1.165, 1.54) is 0 Å². The Kier molecular flexibility index (Phi) is 4.30. The predicted octanol–water partition coefficient (Wildman–Crippen LogP) is 2.78. The van der Waals surface area contributed by atoms with Crippen molar-refractivity contribution in [3.8, 4) is 11.5 Å². The van der Waals surface area contributed by atoms with Gasteiger partial charge in [-0.25, -0.2) is 0 Å². The van der Waals surface area contributed by atoms with Crippen LogP contribution in [0, 0.1) is 0 Å². The minimum atomic E-state index is 0.0938. The fourth-order valence-electron chi connectivity index (χ4n) is 2.73. The highest BCUT2D eigenvalue weighted by Gasteiger charge is 2.28. The van der Waals surface area contributed by atoms with E-state index >= 15 is 0 Å². The molecule has 104 valence electrons. The van der Waals surface area contributed by atoms with Crippen LogP contribution in [-0.4, -0.2) is 31.6 Å². The Labute approximate surface area is 114 Å². The Morgan fingerprint density at radius 3 is 2.68 bits per heavy atom. The van der Waals surface area contributed by atoms with Gasteiger partial charge in [-0.05, 0) is 37.5 Å². The molecule has 1 saturated heterocycles. The summed E-state index contributed by atoms with van der Waals surface area (Å²) in [5.41, 5.74) is 1.04. The van der Waals surface area contributed by atoms with Crippen molar-refractivity contribution in [2.45, 2.75) is 32.2 Å². The highest BCUT2D eigenvalue weighted by molar-refractivity contribution is 5.74. The number of ether oxygens (including phenoxy) is 2. The summed E-state index contributed by atoms with van der Waals surface area (Å²) < 4.78 is 10.7. The molecule has 1 aromatic rings. The maximum Gasteiger partial charge on any atom is 0.219 e. The third kappa shape index (κ3) is 2.83. The van der Waals surface area contributed by atoms with E-state index in [1.807, 2.05) is 23.1 Å². The van der Waals surface area contributed by atoms with Crippen LogP contribution in [0.3, 0.4) is 0 Å². The normalized spacial score (nSPS) is 19.1. The SMILES string of the molecule is COc1ccc(OC)c([C@H]2CCCCN2C(C)=O)c1. The summed E-state index contributed by atoms with van der Waals surface area (Å²) in [5.74, 6) is 1.73. The van der Waals surface area contributed by atoms with Gasteiger partial charge in [0.15, 0.2) is 0 Å². The molecule has 1 atom stereocenters. The largest absolute Gasteiger partial charge is 0.497 e. The summed E-state index contributed by atoms with van der Waals surface area (Å²) in [7, 11) is 3.31. The van der Waals surface area contributed by atoms with Gasteiger partial charge in [0, 0.05) is 19.0 Å². The van der Waals surface area contributed by atoms with E-state index in [2.05, 4.69) is 0 Å². The second-order valence-corrected chi connectivity index (χ2v) is 4.83. The van der Waals surface area contributed by atoms with Gasteiger partial charge in [0.2, 0.25) is 5.91 Å². The number of nitrogens with zero attached hydrogens (tertiary/aromatic N) is 1. The van der Waals surface area contributed by atoms with E-state index in [9.17, 15) is 4.79 Å². The Bertz CT molecular complexity index is 459. The van der Waals surface area contributed by atoms with Crippen LogP contribution < -0.4 is 9.47 Å². The number of rotatable bonds is 3. The Hall–Kier alpha value is -1.71. The maximum atomic E-state index is 11.8. The van der Waals surface area contributed by atoms with Crippen molar-refractivity contribution < 1.29 is 14.3 Å². The zero-order valence-electron chi connectivity index (χ0n) is 11.8. The molecule has 0 aromatic heterocycles. The number of methoxy groups -OCH3 is 2. The first-order chi connectivity index (χ1) is 9.17. The lowest BCUT2D eigenvalue weighted by Crippen LogP contribution is -2.37. The van der Waals surface area contributed by atoms with Crippen LogP contribution in [0.5, 0.6) is 11.5 Å². The van der Waals surface area contributed by atoms with Gasteiger partial charge in [-0.3, -0.25) is 4.79 Å². The molecule has 1 fully saturated rings. The van der Waals surface area contributed by atoms with E-state index in [0.717, 1.165) is 42.9 Å². The van der Waals surface area contributed by atoms with Crippen molar-refractivity contribution in [2.75, 3.05) is 20.8 Å². The summed E-state index contributed by atoms with van der Waals surface area (Å²) in [6, 6.07) is 5.85. The van der Waals surface area contributed by atoms with Crippen LogP contribution in [0.15, 0.2) is 18.2 Å². The minimum Gasteiger partial charge on any atom is -0.497 e. The van der Waals surface area contributed by atoms with Gasteiger partial charge in [-0.2, -0.15) is 0 Å². The molecule has 1 heterocycles. The molecule has 0 aliphatic carbocycles. The standard InChI is InChI=1S/C15H21NO3/c1-11(17)16-9-5-4-6-14(16)13-10-12(18-2)7-8-15(13)19-3/h7-8,10,14H,4-6,9H2,1-3H3/t14-/m1/s1. The first-order valence-corrected chi connectivity index (χ1v) is 6.66. The summed E-state index contributed by atoms with van der Waals surface area (Å²) in [5, 5.41) is 0. The fraction of sp³-hybridized carbons (Fsp3) is 0.533. The highest BCUT2D eigenvalue weighted by Crippen LogP contribution is 2.37. The highest BCUT2D eigenvalue weighted by atomic mass is 16.5. The van der Waals surface area contributed by atoms with Gasteiger partial charge in [-0.1, -0.05) is 0 Å². The Morgan fingerprint density at radius 1 is 1.26 bits per heavy atom. The summed E-state index contributed by atoms with van der Waals surface area (Å²) >= 11 is 0. The van der Waals surface area contributed by atoms with Gasteiger partial charge in [0.1, 0.15) is 11.5 Å². The van der Waals surface area contributed by atoms with Gasteiger partial charge < -0.3 is 14.4 Å². The van der Waals surface area contributed by atoms with E-state index in [1.54, 1.807) is 21.1 Å². The number of benzene rings is 1. The lowest BCUT2D eigenvalue weighted by atomic mass is 9.94. The molecular weight excluding hydrogens is 242 g/mol. The van der Waals surface area contributed by atoms with Crippen molar-refractivity contribution in [1.29, 1.82) is 0 Å². The lowest BCUT2D eigenvalue weighted by Gasteiger charge is -2.36. The lowest BCUT2D eigenvalue weighted by molar-refractivity contribution is -0.132. The zero-order valence-corrected chi connectivity index (χ0v) is 11.8. The van der Waals surface area contributed by atoms with Crippen LogP contribution >= 0.6 is 0 Å². The molecule has 2 rings (SSSR count). The van der Waals surface area contributed by atoms with Gasteiger partial charge in [0.05, 0.1) is 20.3 Å². The van der Waals surface area contributed by atoms with Crippen molar-refractivity contribution in [3.63, 3.8) is 0 Å². The maximum absolute atomic E-state index is 11.8. The second-order valence-electron chi connectivity index (χ2n) is 4.83. The van der Waals surface area contributed by atoms with Crippen molar-refractivity contribution >= 4 is 5.91 Å². The smallest absolute Gasteiger partial charge is 0.219 e. The number of carbonyl (C=O) groups excluding carboxylic acids is 1. The number of likely N-dealkylation sites (tertiary alicyclic amines) is 1.